The number of nitrogens with zero attached hydrogens (tertiary/aromatic N) is 1. The highest BCUT2D eigenvalue weighted by Gasteiger charge is 2.14. The predicted molar refractivity (Wildman–Crippen MR) is 112 cm³/mol. The van der Waals surface area contributed by atoms with E-state index >= 15 is 0 Å². The Balaban J connectivity index is 1.61. The molecular weight excluding hydrogens is 314 g/mol. The number of allylic oxidation sites excluding steroid dienone is 2. The molecule has 1 aliphatic carbocycles. The van der Waals surface area contributed by atoms with Crippen molar-refractivity contribution in [3.8, 4) is 0 Å². The highest BCUT2D eigenvalue weighted by atomic mass is 15.0. The number of aromatic nitrogens is 1. The standard InChI is InChI=1S/C25H29N/c1-20(16-17-21-10-4-2-5-11-21)24-19-26(18-22-12-6-3-7-13-22)25-15-9-8-14-23(24)25/h3,6-9,12-17,19-21H,2,4-5,10-11,18H2,1H3/b17-16+. The zero-order valence-corrected chi connectivity index (χ0v) is 15.8. The van der Waals surface area contributed by atoms with Gasteiger partial charge in [-0.3, -0.25) is 0 Å². The molecule has 0 saturated heterocycles. The first-order valence-electron chi connectivity index (χ1n) is 10.1. The van der Waals surface area contributed by atoms with Crippen molar-refractivity contribution in [1.29, 1.82) is 0 Å². The Morgan fingerprint density at radius 2 is 1.69 bits per heavy atom. The molecule has 1 heterocycles. The summed E-state index contributed by atoms with van der Waals surface area (Å²) in [5.74, 6) is 1.25. The summed E-state index contributed by atoms with van der Waals surface area (Å²) < 4.78 is 2.41. The van der Waals surface area contributed by atoms with Gasteiger partial charge in [0, 0.05) is 29.6 Å². The third-order valence-electron chi connectivity index (χ3n) is 5.83. The molecule has 0 radical (unpaired) electrons. The second-order valence-electron chi connectivity index (χ2n) is 7.79. The van der Waals surface area contributed by atoms with E-state index in [-0.39, 0.29) is 0 Å². The first kappa shape index (κ1) is 17.1. The highest BCUT2D eigenvalue weighted by Crippen LogP contribution is 2.31. The van der Waals surface area contributed by atoms with E-state index in [0.717, 1.165) is 12.5 Å². The van der Waals surface area contributed by atoms with Crippen LogP contribution >= 0.6 is 0 Å². The smallest absolute Gasteiger partial charge is 0.0486 e. The van der Waals surface area contributed by atoms with Crippen molar-refractivity contribution in [2.24, 2.45) is 5.92 Å². The molecule has 26 heavy (non-hydrogen) atoms. The summed E-state index contributed by atoms with van der Waals surface area (Å²) >= 11 is 0. The monoisotopic (exact) mass is 343 g/mol. The van der Waals surface area contributed by atoms with Gasteiger partial charge in [0.1, 0.15) is 0 Å². The molecule has 1 aliphatic rings. The third-order valence-corrected chi connectivity index (χ3v) is 5.83. The van der Waals surface area contributed by atoms with E-state index in [0.29, 0.717) is 5.92 Å². The summed E-state index contributed by atoms with van der Waals surface area (Å²) in [6, 6.07) is 19.6. The molecule has 1 atom stereocenters. The molecule has 134 valence electrons. The lowest BCUT2D eigenvalue weighted by atomic mass is 9.88. The zero-order valence-electron chi connectivity index (χ0n) is 15.8. The Labute approximate surface area is 157 Å². The average molecular weight is 344 g/mol. The van der Waals surface area contributed by atoms with E-state index in [9.17, 15) is 0 Å². The molecule has 0 bridgehead atoms. The van der Waals surface area contributed by atoms with Crippen LogP contribution in [0.1, 0.15) is 56.1 Å². The van der Waals surface area contributed by atoms with Crippen LogP contribution < -0.4 is 0 Å². The number of rotatable bonds is 5. The van der Waals surface area contributed by atoms with Crippen LogP contribution in [0, 0.1) is 5.92 Å². The van der Waals surface area contributed by atoms with Crippen molar-refractivity contribution >= 4 is 10.9 Å². The molecule has 0 spiro atoms. The quantitative estimate of drug-likeness (QED) is 0.443. The van der Waals surface area contributed by atoms with Crippen LogP contribution in [0.25, 0.3) is 10.9 Å². The maximum absolute atomic E-state index is 2.49. The van der Waals surface area contributed by atoms with Crippen LogP contribution in [0.2, 0.25) is 0 Å². The van der Waals surface area contributed by atoms with Gasteiger partial charge in [0.2, 0.25) is 0 Å². The Hall–Kier alpha value is -2.28. The summed E-state index contributed by atoms with van der Waals surface area (Å²) in [5.41, 5.74) is 4.14. The van der Waals surface area contributed by atoms with E-state index in [1.807, 2.05) is 0 Å². The number of fused-ring (bicyclic) bond motifs is 1. The number of benzene rings is 2. The van der Waals surface area contributed by atoms with Gasteiger partial charge >= 0.3 is 0 Å². The van der Waals surface area contributed by atoms with Crippen molar-refractivity contribution in [3.05, 3.63) is 84.1 Å². The fourth-order valence-corrected chi connectivity index (χ4v) is 4.30. The SMILES string of the molecule is CC(/C=C/C1CCCCC1)c1cn(Cc2ccccc2)c2ccccc12. The topological polar surface area (TPSA) is 4.93 Å². The van der Waals surface area contributed by atoms with Crippen molar-refractivity contribution < 1.29 is 0 Å². The average Bonchev–Trinajstić information content (AvgIpc) is 3.06. The molecule has 0 N–H and O–H groups in total. The number of para-hydroxylation sites is 1. The van der Waals surface area contributed by atoms with Gasteiger partial charge in [-0.25, -0.2) is 0 Å². The summed E-state index contributed by atoms with van der Waals surface area (Å²) in [6.45, 7) is 3.27. The van der Waals surface area contributed by atoms with Crippen LogP contribution in [0.3, 0.4) is 0 Å². The minimum atomic E-state index is 0.457. The molecule has 1 aromatic heterocycles. The summed E-state index contributed by atoms with van der Waals surface area (Å²) in [7, 11) is 0. The fourth-order valence-electron chi connectivity index (χ4n) is 4.30. The number of hydrogen-bond donors (Lipinski definition) is 0. The predicted octanol–water partition coefficient (Wildman–Crippen LogP) is 6.93. The minimum Gasteiger partial charge on any atom is -0.343 e. The summed E-state index contributed by atoms with van der Waals surface area (Å²) in [6.07, 6.45) is 14.3. The third kappa shape index (κ3) is 3.77. The minimum absolute atomic E-state index is 0.457. The first-order chi connectivity index (χ1) is 12.8. The van der Waals surface area contributed by atoms with Crippen LogP contribution in [-0.4, -0.2) is 4.57 Å². The molecule has 1 unspecified atom stereocenters. The van der Waals surface area contributed by atoms with Crippen molar-refractivity contribution in [2.75, 3.05) is 0 Å². The second kappa shape index (κ2) is 7.95. The van der Waals surface area contributed by atoms with Gasteiger partial charge < -0.3 is 4.57 Å². The molecule has 1 nitrogen and oxygen atoms in total. The number of hydrogen-bond acceptors (Lipinski definition) is 0. The van der Waals surface area contributed by atoms with Crippen LogP contribution in [0.5, 0.6) is 0 Å². The Kier molecular flexibility index (Phi) is 5.24. The van der Waals surface area contributed by atoms with Crippen LogP contribution in [0.4, 0.5) is 0 Å². The molecule has 4 rings (SSSR count). The zero-order chi connectivity index (χ0) is 17.8. The Morgan fingerprint density at radius 1 is 0.962 bits per heavy atom. The van der Waals surface area contributed by atoms with Crippen LogP contribution in [0.15, 0.2) is 72.9 Å². The molecular formula is C25H29N. The molecule has 2 aromatic carbocycles. The van der Waals surface area contributed by atoms with Crippen LogP contribution in [-0.2, 0) is 6.54 Å². The largest absolute Gasteiger partial charge is 0.343 e. The fraction of sp³-hybridized carbons (Fsp3) is 0.360. The summed E-state index contributed by atoms with van der Waals surface area (Å²) in [4.78, 5) is 0. The summed E-state index contributed by atoms with van der Waals surface area (Å²) in [5, 5.41) is 1.39. The Bertz CT molecular complexity index is 866. The highest BCUT2D eigenvalue weighted by molar-refractivity contribution is 5.84. The molecule has 0 amide bonds. The van der Waals surface area contributed by atoms with E-state index in [1.165, 1.54) is 54.1 Å². The van der Waals surface area contributed by atoms with Crippen molar-refractivity contribution in [1.82, 2.24) is 4.57 Å². The van der Waals surface area contributed by atoms with Gasteiger partial charge in [-0.15, -0.1) is 0 Å². The maximum atomic E-state index is 2.49. The molecule has 1 fully saturated rings. The second-order valence-corrected chi connectivity index (χ2v) is 7.79. The lowest BCUT2D eigenvalue weighted by molar-refractivity contribution is 0.418. The van der Waals surface area contributed by atoms with Crippen molar-refractivity contribution in [3.63, 3.8) is 0 Å². The van der Waals surface area contributed by atoms with Gasteiger partial charge in [-0.1, -0.05) is 86.9 Å². The molecule has 0 aliphatic heterocycles. The van der Waals surface area contributed by atoms with E-state index < -0.39 is 0 Å². The first-order valence-corrected chi connectivity index (χ1v) is 10.1. The van der Waals surface area contributed by atoms with Gasteiger partial charge in [0.15, 0.2) is 0 Å². The Morgan fingerprint density at radius 3 is 2.50 bits per heavy atom. The van der Waals surface area contributed by atoms with Crippen molar-refractivity contribution in [2.45, 2.75) is 51.5 Å². The van der Waals surface area contributed by atoms with Gasteiger partial charge in [-0.2, -0.15) is 0 Å². The van der Waals surface area contributed by atoms with E-state index in [2.05, 4.69) is 84.4 Å². The molecule has 3 aromatic rings. The molecule has 1 heteroatoms. The van der Waals surface area contributed by atoms with E-state index in [1.54, 1.807) is 0 Å². The van der Waals surface area contributed by atoms with Gasteiger partial charge in [0.25, 0.3) is 0 Å². The normalized spacial score (nSPS) is 17.1. The molecule has 1 saturated carbocycles. The van der Waals surface area contributed by atoms with Gasteiger partial charge in [-0.05, 0) is 36.0 Å². The maximum Gasteiger partial charge on any atom is 0.0486 e. The van der Waals surface area contributed by atoms with E-state index in [4.69, 9.17) is 0 Å². The van der Waals surface area contributed by atoms with Gasteiger partial charge in [0.05, 0.1) is 0 Å². The lowest BCUT2D eigenvalue weighted by Gasteiger charge is -2.18. The lowest BCUT2D eigenvalue weighted by Crippen LogP contribution is -2.03.